The average Bonchev–Trinajstić information content (AvgIpc) is 2.42. The Hall–Kier alpha value is -2.28. The quantitative estimate of drug-likeness (QED) is 0.695. The summed E-state index contributed by atoms with van der Waals surface area (Å²) in [5.74, 6) is -1.54. The molecule has 104 valence electrons. The SMILES string of the molecule is O=S(=O)(N/N=C\c1ccc(F)cc1F)c1ccccc1. The Morgan fingerprint density at radius 2 is 1.75 bits per heavy atom. The van der Waals surface area contributed by atoms with Gasteiger partial charge in [-0.25, -0.2) is 13.6 Å². The topological polar surface area (TPSA) is 58.5 Å². The van der Waals surface area contributed by atoms with Crippen LogP contribution >= 0.6 is 0 Å². The molecule has 2 aromatic carbocycles. The molecule has 0 aromatic heterocycles. The lowest BCUT2D eigenvalue weighted by atomic mass is 10.2. The van der Waals surface area contributed by atoms with Crippen molar-refractivity contribution < 1.29 is 17.2 Å². The van der Waals surface area contributed by atoms with Gasteiger partial charge in [0.05, 0.1) is 11.1 Å². The summed E-state index contributed by atoms with van der Waals surface area (Å²) in [7, 11) is -3.80. The fourth-order valence-electron chi connectivity index (χ4n) is 1.42. The zero-order valence-electron chi connectivity index (χ0n) is 10.1. The molecule has 1 N–H and O–H groups in total. The zero-order valence-corrected chi connectivity index (χ0v) is 10.9. The van der Waals surface area contributed by atoms with E-state index < -0.39 is 21.7 Å². The Labute approximate surface area is 114 Å². The molecular weight excluding hydrogens is 286 g/mol. The Morgan fingerprint density at radius 3 is 2.40 bits per heavy atom. The molecule has 0 saturated carbocycles. The van der Waals surface area contributed by atoms with Crippen molar-refractivity contribution >= 4 is 16.2 Å². The predicted molar refractivity (Wildman–Crippen MR) is 70.7 cm³/mol. The third-order valence-electron chi connectivity index (χ3n) is 2.39. The van der Waals surface area contributed by atoms with Crippen molar-refractivity contribution in [2.75, 3.05) is 0 Å². The Bertz CT molecular complexity index is 731. The van der Waals surface area contributed by atoms with E-state index in [1.54, 1.807) is 18.2 Å². The molecule has 0 radical (unpaired) electrons. The second-order valence-electron chi connectivity index (χ2n) is 3.83. The van der Waals surface area contributed by atoms with Crippen LogP contribution in [0, 0.1) is 11.6 Å². The first-order valence-corrected chi connectivity index (χ1v) is 7.02. The molecule has 0 amide bonds. The van der Waals surface area contributed by atoms with Gasteiger partial charge in [-0.15, -0.1) is 0 Å². The molecule has 0 aliphatic heterocycles. The lowest BCUT2D eigenvalue weighted by Crippen LogP contribution is -2.18. The molecule has 2 aromatic rings. The van der Waals surface area contributed by atoms with Crippen molar-refractivity contribution in [2.24, 2.45) is 5.10 Å². The maximum atomic E-state index is 13.3. The molecule has 0 spiro atoms. The van der Waals surface area contributed by atoms with E-state index in [-0.39, 0.29) is 10.5 Å². The minimum atomic E-state index is -3.80. The number of halogens is 2. The summed E-state index contributed by atoms with van der Waals surface area (Å²) in [5.41, 5.74) is -0.0258. The van der Waals surface area contributed by atoms with Gasteiger partial charge in [0.2, 0.25) is 0 Å². The van der Waals surface area contributed by atoms with E-state index in [1.165, 1.54) is 12.1 Å². The highest BCUT2D eigenvalue weighted by molar-refractivity contribution is 7.89. The van der Waals surface area contributed by atoms with Crippen LogP contribution in [0.25, 0.3) is 0 Å². The Morgan fingerprint density at radius 1 is 1.05 bits per heavy atom. The van der Waals surface area contributed by atoms with Crippen molar-refractivity contribution in [1.82, 2.24) is 4.83 Å². The van der Waals surface area contributed by atoms with E-state index in [1.807, 2.05) is 4.83 Å². The lowest BCUT2D eigenvalue weighted by Gasteiger charge is -2.02. The van der Waals surface area contributed by atoms with Gasteiger partial charge in [0.15, 0.2) is 0 Å². The first kappa shape index (κ1) is 14.1. The summed E-state index contributed by atoms with van der Waals surface area (Å²) in [6.07, 6.45) is 0.968. The summed E-state index contributed by atoms with van der Waals surface area (Å²) in [5, 5.41) is 3.45. The van der Waals surface area contributed by atoms with Crippen molar-refractivity contribution in [1.29, 1.82) is 0 Å². The van der Waals surface area contributed by atoms with Gasteiger partial charge in [0, 0.05) is 11.6 Å². The Kier molecular flexibility index (Phi) is 4.09. The molecule has 0 aliphatic carbocycles. The zero-order chi connectivity index (χ0) is 14.6. The number of hydrazone groups is 1. The first-order valence-electron chi connectivity index (χ1n) is 5.54. The number of nitrogens with one attached hydrogen (secondary N) is 1. The van der Waals surface area contributed by atoms with E-state index >= 15 is 0 Å². The number of hydrogen-bond donors (Lipinski definition) is 1. The van der Waals surface area contributed by atoms with Gasteiger partial charge in [0.1, 0.15) is 11.6 Å². The van der Waals surface area contributed by atoms with Gasteiger partial charge in [-0.3, -0.25) is 0 Å². The molecule has 0 heterocycles. The summed E-state index contributed by atoms with van der Waals surface area (Å²) in [4.78, 5) is 1.99. The van der Waals surface area contributed by atoms with Crippen LogP contribution in [0.3, 0.4) is 0 Å². The predicted octanol–water partition coefficient (Wildman–Crippen LogP) is 2.28. The lowest BCUT2D eigenvalue weighted by molar-refractivity contribution is 0.580. The normalized spacial score (nSPS) is 11.7. The largest absolute Gasteiger partial charge is 0.276 e. The van der Waals surface area contributed by atoms with Crippen LogP contribution in [0.1, 0.15) is 5.56 Å². The summed E-state index contributed by atoms with van der Waals surface area (Å²) in [6, 6.07) is 10.5. The van der Waals surface area contributed by atoms with Crippen molar-refractivity contribution in [3.8, 4) is 0 Å². The van der Waals surface area contributed by atoms with Crippen LogP contribution in [0.5, 0.6) is 0 Å². The molecule has 0 aliphatic rings. The fraction of sp³-hybridized carbons (Fsp3) is 0. The van der Waals surface area contributed by atoms with Gasteiger partial charge in [0.25, 0.3) is 10.0 Å². The van der Waals surface area contributed by atoms with Crippen LogP contribution in [0.2, 0.25) is 0 Å². The van der Waals surface area contributed by atoms with Gasteiger partial charge >= 0.3 is 0 Å². The molecule has 0 atom stereocenters. The summed E-state index contributed by atoms with van der Waals surface area (Å²) >= 11 is 0. The second-order valence-corrected chi connectivity index (χ2v) is 5.49. The summed E-state index contributed by atoms with van der Waals surface area (Å²) < 4.78 is 49.5. The molecule has 0 saturated heterocycles. The van der Waals surface area contributed by atoms with Gasteiger partial charge in [-0.05, 0) is 24.3 Å². The standard InChI is InChI=1S/C13H10F2N2O2S/c14-11-7-6-10(13(15)8-11)9-16-17-20(18,19)12-4-2-1-3-5-12/h1-9,17H/b16-9-. The fourth-order valence-corrected chi connectivity index (χ4v) is 2.24. The van der Waals surface area contributed by atoms with Crippen molar-refractivity contribution in [3.05, 3.63) is 65.7 Å². The minimum absolute atomic E-state index is 0.0258. The average molecular weight is 296 g/mol. The number of benzene rings is 2. The van der Waals surface area contributed by atoms with E-state index in [9.17, 15) is 17.2 Å². The van der Waals surface area contributed by atoms with Gasteiger partial charge in [-0.2, -0.15) is 13.5 Å². The third-order valence-corrected chi connectivity index (χ3v) is 3.63. The maximum Gasteiger partial charge on any atom is 0.276 e. The van der Waals surface area contributed by atoms with E-state index in [0.717, 1.165) is 18.3 Å². The van der Waals surface area contributed by atoms with Gasteiger partial charge in [-0.1, -0.05) is 18.2 Å². The number of sulfonamides is 1. The van der Waals surface area contributed by atoms with Crippen LogP contribution in [0.15, 0.2) is 58.5 Å². The number of nitrogens with zero attached hydrogens (tertiary/aromatic N) is 1. The highest BCUT2D eigenvalue weighted by Gasteiger charge is 2.11. The second kappa shape index (κ2) is 5.79. The van der Waals surface area contributed by atoms with Crippen LogP contribution in [-0.2, 0) is 10.0 Å². The monoisotopic (exact) mass is 296 g/mol. The highest BCUT2D eigenvalue weighted by atomic mass is 32.2. The molecule has 0 unspecified atom stereocenters. The first-order chi connectivity index (χ1) is 9.49. The van der Waals surface area contributed by atoms with E-state index in [0.29, 0.717) is 6.07 Å². The maximum absolute atomic E-state index is 13.3. The van der Waals surface area contributed by atoms with E-state index in [2.05, 4.69) is 5.10 Å². The van der Waals surface area contributed by atoms with Gasteiger partial charge < -0.3 is 0 Å². The third kappa shape index (κ3) is 3.39. The molecule has 0 fully saturated rings. The minimum Gasteiger partial charge on any atom is -0.207 e. The number of rotatable bonds is 4. The molecule has 7 heteroatoms. The Balaban J connectivity index is 2.14. The van der Waals surface area contributed by atoms with Crippen molar-refractivity contribution in [3.63, 3.8) is 0 Å². The van der Waals surface area contributed by atoms with E-state index in [4.69, 9.17) is 0 Å². The smallest absolute Gasteiger partial charge is 0.207 e. The van der Waals surface area contributed by atoms with Crippen molar-refractivity contribution in [2.45, 2.75) is 4.90 Å². The highest BCUT2D eigenvalue weighted by Crippen LogP contribution is 2.08. The molecule has 20 heavy (non-hydrogen) atoms. The van der Waals surface area contributed by atoms with Crippen LogP contribution in [0.4, 0.5) is 8.78 Å². The molecular formula is C13H10F2N2O2S. The van der Waals surface area contributed by atoms with Crippen LogP contribution in [-0.4, -0.2) is 14.6 Å². The molecule has 2 rings (SSSR count). The molecule has 0 bridgehead atoms. The number of hydrogen-bond acceptors (Lipinski definition) is 3. The van der Waals surface area contributed by atoms with Crippen LogP contribution < -0.4 is 4.83 Å². The summed E-state index contributed by atoms with van der Waals surface area (Å²) in [6.45, 7) is 0. The molecule has 4 nitrogen and oxygen atoms in total.